The molecule has 0 radical (unpaired) electrons. The average molecular weight is 387 g/mol. The smallest absolute Gasteiger partial charge is 0.253 e. The summed E-state index contributed by atoms with van der Waals surface area (Å²) < 4.78 is 0. The van der Waals surface area contributed by atoms with Gasteiger partial charge >= 0.3 is 0 Å². The van der Waals surface area contributed by atoms with E-state index < -0.39 is 0 Å². The van der Waals surface area contributed by atoms with Crippen molar-refractivity contribution in [1.29, 1.82) is 0 Å². The Labute approximate surface area is 163 Å². The Bertz CT molecular complexity index is 823. The Kier molecular flexibility index (Phi) is 5.18. The molecule has 6 nitrogen and oxygen atoms in total. The fraction of sp³-hybridized carbons (Fsp3) is 0.400. The lowest BCUT2D eigenvalue weighted by Crippen LogP contribution is -2.32. The van der Waals surface area contributed by atoms with Crippen molar-refractivity contribution in [2.45, 2.75) is 37.9 Å². The molecule has 1 aromatic heterocycles. The van der Waals surface area contributed by atoms with Crippen LogP contribution in [0.3, 0.4) is 0 Å². The van der Waals surface area contributed by atoms with Crippen LogP contribution in [0.15, 0.2) is 36.5 Å². The lowest BCUT2D eigenvalue weighted by Gasteiger charge is -2.18. The normalized spacial score (nSPS) is 19.3. The molecule has 1 saturated heterocycles. The number of hydrogen-bond acceptors (Lipinski definition) is 5. The van der Waals surface area contributed by atoms with Crippen molar-refractivity contribution in [2.75, 3.05) is 18.0 Å². The van der Waals surface area contributed by atoms with Crippen molar-refractivity contribution >= 4 is 23.3 Å². The van der Waals surface area contributed by atoms with E-state index in [-0.39, 0.29) is 11.7 Å². The molecule has 2 fully saturated rings. The number of phenols is 1. The second kappa shape index (κ2) is 7.74. The molecule has 142 valence electrons. The second-order valence-corrected chi connectivity index (χ2v) is 7.67. The molecular formula is C20H23ClN4O2. The molecule has 1 aliphatic heterocycles. The average Bonchev–Trinajstić information content (AvgIpc) is 3.36. The molecule has 0 bridgehead atoms. The van der Waals surface area contributed by atoms with Crippen LogP contribution in [0.1, 0.15) is 35.2 Å². The van der Waals surface area contributed by atoms with Crippen molar-refractivity contribution in [1.82, 2.24) is 15.6 Å². The van der Waals surface area contributed by atoms with Gasteiger partial charge in [-0.2, -0.15) is 0 Å². The number of pyridine rings is 1. The minimum Gasteiger partial charge on any atom is -0.508 e. The number of phenolic OH excluding ortho intramolecular Hbond substituents is 1. The lowest BCUT2D eigenvalue weighted by atomic mass is 10.2. The molecule has 27 heavy (non-hydrogen) atoms. The number of rotatable bonds is 6. The Morgan fingerprint density at radius 1 is 1.22 bits per heavy atom. The van der Waals surface area contributed by atoms with E-state index in [1.807, 2.05) is 12.1 Å². The number of benzene rings is 1. The third-order valence-electron chi connectivity index (χ3n) is 5.06. The first kappa shape index (κ1) is 18.1. The SMILES string of the molecule is O=C(NC1CC1)c1ccc(N2CC[C@H](NCc3cc(Cl)ccc3O)C2)nc1. The second-order valence-electron chi connectivity index (χ2n) is 7.24. The molecule has 2 heterocycles. The molecule has 1 amide bonds. The zero-order valence-corrected chi connectivity index (χ0v) is 15.7. The first-order valence-electron chi connectivity index (χ1n) is 9.31. The number of amides is 1. The number of aromatic hydroxyl groups is 1. The van der Waals surface area contributed by atoms with Crippen LogP contribution in [0.25, 0.3) is 0 Å². The molecule has 1 aromatic carbocycles. The molecule has 2 aliphatic rings. The summed E-state index contributed by atoms with van der Waals surface area (Å²) in [6, 6.07) is 9.48. The molecular weight excluding hydrogens is 364 g/mol. The van der Waals surface area contributed by atoms with Crippen LogP contribution in [0.4, 0.5) is 5.82 Å². The van der Waals surface area contributed by atoms with Crippen LogP contribution in [-0.4, -0.2) is 41.2 Å². The zero-order chi connectivity index (χ0) is 18.8. The standard InChI is InChI=1S/C20H23ClN4O2/c21-15-2-5-18(26)14(9-15)11-22-17-7-8-25(12-17)19-6-1-13(10-23-19)20(27)24-16-3-4-16/h1-2,5-6,9-10,16-17,22,26H,3-4,7-8,11-12H2,(H,24,27)/t17-/m0/s1. The molecule has 7 heteroatoms. The zero-order valence-electron chi connectivity index (χ0n) is 15.0. The number of aromatic nitrogens is 1. The van der Waals surface area contributed by atoms with Crippen molar-refractivity contribution < 1.29 is 9.90 Å². The van der Waals surface area contributed by atoms with E-state index >= 15 is 0 Å². The summed E-state index contributed by atoms with van der Waals surface area (Å²) in [4.78, 5) is 18.7. The molecule has 2 aromatic rings. The molecule has 1 saturated carbocycles. The van der Waals surface area contributed by atoms with E-state index in [0.717, 1.165) is 43.7 Å². The maximum Gasteiger partial charge on any atom is 0.253 e. The highest BCUT2D eigenvalue weighted by Crippen LogP contribution is 2.23. The number of carbonyl (C=O) groups excluding carboxylic acids is 1. The summed E-state index contributed by atoms with van der Waals surface area (Å²) in [5.41, 5.74) is 1.40. The number of anilines is 1. The number of nitrogens with one attached hydrogen (secondary N) is 2. The third-order valence-corrected chi connectivity index (χ3v) is 5.29. The maximum absolute atomic E-state index is 12.0. The molecule has 1 atom stereocenters. The largest absolute Gasteiger partial charge is 0.508 e. The lowest BCUT2D eigenvalue weighted by molar-refractivity contribution is 0.0950. The van der Waals surface area contributed by atoms with E-state index in [1.165, 1.54) is 0 Å². The van der Waals surface area contributed by atoms with E-state index in [1.54, 1.807) is 24.4 Å². The van der Waals surface area contributed by atoms with Crippen LogP contribution in [0.2, 0.25) is 5.02 Å². The van der Waals surface area contributed by atoms with Gasteiger partial charge in [-0.1, -0.05) is 11.6 Å². The molecule has 4 rings (SSSR count). The van der Waals surface area contributed by atoms with Gasteiger partial charge in [-0.3, -0.25) is 4.79 Å². The number of hydrogen-bond donors (Lipinski definition) is 3. The van der Waals surface area contributed by atoms with Crippen LogP contribution < -0.4 is 15.5 Å². The van der Waals surface area contributed by atoms with Crippen molar-refractivity contribution in [2.24, 2.45) is 0 Å². The molecule has 3 N–H and O–H groups in total. The predicted octanol–water partition coefficient (Wildman–Crippen LogP) is 2.70. The van der Waals surface area contributed by atoms with Crippen molar-refractivity contribution in [3.8, 4) is 5.75 Å². The first-order chi connectivity index (χ1) is 13.1. The van der Waals surface area contributed by atoms with Crippen molar-refractivity contribution in [3.63, 3.8) is 0 Å². The minimum atomic E-state index is -0.0427. The van der Waals surface area contributed by atoms with Crippen LogP contribution in [-0.2, 0) is 6.54 Å². The van der Waals surface area contributed by atoms with Gasteiger partial charge in [0.2, 0.25) is 0 Å². The summed E-state index contributed by atoms with van der Waals surface area (Å²) in [6.45, 7) is 2.31. The van der Waals surface area contributed by atoms with Crippen molar-refractivity contribution in [3.05, 3.63) is 52.7 Å². The van der Waals surface area contributed by atoms with Gasteiger partial charge in [0.05, 0.1) is 5.56 Å². The summed E-state index contributed by atoms with van der Waals surface area (Å²) in [6.07, 6.45) is 4.80. The number of halogens is 1. The predicted molar refractivity (Wildman–Crippen MR) is 105 cm³/mol. The summed E-state index contributed by atoms with van der Waals surface area (Å²) >= 11 is 6.00. The van der Waals surface area contributed by atoms with E-state index in [4.69, 9.17) is 11.6 Å². The highest BCUT2D eigenvalue weighted by Gasteiger charge is 2.25. The number of carbonyl (C=O) groups is 1. The van der Waals surface area contributed by atoms with Gasteiger partial charge in [0.15, 0.2) is 0 Å². The first-order valence-corrected chi connectivity index (χ1v) is 9.69. The van der Waals surface area contributed by atoms with Gasteiger partial charge < -0.3 is 20.6 Å². The van der Waals surface area contributed by atoms with Crippen LogP contribution >= 0.6 is 11.6 Å². The van der Waals surface area contributed by atoms with Gasteiger partial charge in [0, 0.05) is 48.5 Å². The highest BCUT2D eigenvalue weighted by molar-refractivity contribution is 6.30. The van der Waals surface area contributed by atoms with E-state index in [9.17, 15) is 9.90 Å². The Morgan fingerprint density at radius 3 is 2.81 bits per heavy atom. The molecule has 0 spiro atoms. The van der Waals surface area contributed by atoms with Crippen LogP contribution in [0.5, 0.6) is 5.75 Å². The van der Waals surface area contributed by atoms with Gasteiger partial charge in [-0.05, 0) is 49.6 Å². The van der Waals surface area contributed by atoms with E-state index in [0.29, 0.717) is 29.2 Å². The quantitative estimate of drug-likeness (QED) is 0.711. The van der Waals surface area contributed by atoms with Gasteiger partial charge in [0.25, 0.3) is 5.91 Å². The van der Waals surface area contributed by atoms with Crippen LogP contribution in [0, 0.1) is 0 Å². The highest BCUT2D eigenvalue weighted by atomic mass is 35.5. The fourth-order valence-electron chi connectivity index (χ4n) is 3.29. The summed E-state index contributed by atoms with van der Waals surface area (Å²) in [5.74, 6) is 1.09. The third kappa shape index (κ3) is 4.51. The summed E-state index contributed by atoms with van der Waals surface area (Å²) in [7, 11) is 0. The molecule has 1 aliphatic carbocycles. The fourth-order valence-corrected chi connectivity index (χ4v) is 3.48. The van der Waals surface area contributed by atoms with Gasteiger partial charge in [-0.25, -0.2) is 4.98 Å². The van der Waals surface area contributed by atoms with Gasteiger partial charge in [-0.15, -0.1) is 0 Å². The van der Waals surface area contributed by atoms with E-state index in [2.05, 4.69) is 20.5 Å². The molecule has 0 unspecified atom stereocenters. The monoisotopic (exact) mass is 386 g/mol. The maximum atomic E-state index is 12.0. The summed E-state index contributed by atoms with van der Waals surface area (Å²) in [5, 5.41) is 17.0. The topological polar surface area (TPSA) is 77.5 Å². The Morgan fingerprint density at radius 2 is 2.07 bits per heavy atom. The van der Waals surface area contributed by atoms with Gasteiger partial charge in [0.1, 0.15) is 11.6 Å². The number of nitrogens with zero attached hydrogens (tertiary/aromatic N) is 2. The Balaban J connectivity index is 1.31. The minimum absolute atomic E-state index is 0.0427. The Hall–Kier alpha value is -2.31.